The molecule has 2 heterocycles. The summed E-state index contributed by atoms with van der Waals surface area (Å²) >= 11 is 8.19. The fraction of sp³-hybridized carbons (Fsp3) is 0. The van der Waals surface area contributed by atoms with Gasteiger partial charge in [0.15, 0.2) is 0 Å². The van der Waals surface area contributed by atoms with Gasteiger partial charge in [-0.05, 0) is 68.3 Å². The second-order valence-corrected chi connectivity index (χ2v) is 10.0. The van der Waals surface area contributed by atoms with Gasteiger partial charge in [-0.3, -0.25) is 0 Å². The van der Waals surface area contributed by atoms with E-state index in [2.05, 4.69) is 150 Å². The normalized spacial score (nSPS) is 11.8. The summed E-state index contributed by atoms with van der Waals surface area (Å²) in [6.45, 7) is 0. The summed E-state index contributed by atoms with van der Waals surface area (Å²) in [5.74, 6) is 0. The summed E-state index contributed by atoms with van der Waals surface area (Å²) in [6, 6.07) is 38.5. The van der Waals surface area contributed by atoms with E-state index >= 15 is 0 Å². The third kappa shape index (κ3) is 2.67. The van der Waals surface area contributed by atoms with Crippen molar-refractivity contribution in [3.63, 3.8) is 0 Å². The van der Waals surface area contributed by atoms with E-state index in [9.17, 15) is 0 Å². The van der Waals surface area contributed by atoms with Crippen LogP contribution in [0.5, 0.6) is 0 Å². The topological polar surface area (TPSA) is 9.86 Å². The zero-order chi connectivity index (χ0) is 22.8. The lowest BCUT2D eigenvalue weighted by atomic mass is 10.1. The molecule has 0 saturated carbocycles. The molecule has 0 aliphatic rings. The Morgan fingerprint density at radius 1 is 0.412 bits per heavy atom. The highest BCUT2D eigenvalue weighted by atomic mass is 79.9. The van der Waals surface area contributed by atoms with Crippen LogP contribution in [0.25, 0.3) is 55.0 Å². The largest absolute Gasteiger partial charge is 0.308 e. The minimum Gasteiger partial charge on any atom is -0.308 e. The third-order valence-electron chi connectivity index (χ3n) is 6.63. The molecule has 34 heavy (non-hydrogen) atoms. The van der Waals surface area contributed by atoms with Crippen LogP contribution >= 0.6 is 31.9 Å². The second-order valence-electron chi connectivity index (χ2n) is 8.45. The summed E-state index contributed by atoms with van der Waals surface area (Å²) < 4.78 is 6.94. The van der Waals surface area contributed by atoms with Crippen LogP contribution in [0.2, 0.25) is 0 Å². The average Bonchev–Trinajstić information content (AvgIpc) is 3.43. The van der Waals surface area contributed by atoms with Crippen molar-refractivity contribution < 1.29 is 0 Å². The molecule has 0 N–H and O–H groups in total. The van der Waals surface area contributed by atoms with Crippen LogP contribution in [0.4, 0.5) is 0 Å². The van der Waals surface area contributed by atoms with Crippen LogP contribution in [-0.4, -0.2) is 9.13 Å². The number of hydrogen-bond acceptors (Lipinski definition) is 0. The molecule has 0 bridgehead atoms. The van der Waals surface area contributed by atoms with Crippen LogP contribution in [-0.2, 0) is 0 Å². The fourth-order valence-corrected chi connectivity index (χ4v) is 6.82. The van der Waals surface area contributed by atoms with E-state index in [1.165, 1.54) is 43.6 Å². The first kappa shape index (κ1) is 20.1. The van der Waals surface area contributed by atoms with Gasteiger partial charge in [-0.25, -0.2) is 0 Å². The van der Waals surface area contributed by atoms with Crippen molar-refractivity contribution in [2.24, 2.45) is 0 Å². The van der Waals surface area contributed by atoms with Gasteiger partial charge in [0.05, 0.1) is 31.0 Å². The molecule has 7 rings (SSSR count). The molecule has 0 atom stereocenters. The predicted molar refractivity (Wildman–Crippen MR) is 151 cm³/mol. The highest BCUT2D eigenvalue weighted by Gasteiger charge is 2.25. The molecule has 0 aliphatic carbocycles. The molecule has 0 spiro atoms. The number of rotatable bonds is 2. The van der Waals surface area contributed by atoms with E-state index < -0.39 is 0 Å². The number of benzene rings is 5. The molecule has 0 radical (unpaired) electrons. The predicted octanol–water partition coefficient (Wildman–Crippen LogP) is 9.41. The Kier molecular flexibility index (Phi) is 4.48. The average molecular weight is 566 g/mol. The van der Waals surface area contributed by atoms with Gasteiger partial charge in [-0.2, -0.15) is 0 Å². The van der Waals surface area contributed by atoms with Gasteiger partial charge < -0.3 is 9.13 Å². The Morgan fingerprint density at radius 3 is 1.18 bits per heavy atom. The number of fused-ring (bicyclic) bond motifs is 6. The summed E-state index contributed by atoms with van der Waals surface area (Å²) in [4.78, 5) is 0. The Hall–Kier alpha value is -3.34. The molecule has 4 heteroatoms. The lowest BCUT2D eigenvalue weighted by Crippen LogP contribution is -1.96. The number of aromatic nitrogens is 2. The lowest BCUT2D eigenvalue weighted by molar-refractivity contribution is 1.17. The van der Waals surface area contributed by atoms with Crippen LogP contribution < -0.4 is 0 Å². The van der Waals surface area contributed by atoms with Gasteiger partial charge in [-0.15, -0.1) is 0 Å². The summed E-state index contributed by atoms with van der Waals surface area (Å²) in [7, 11) is 0. The van der Waals surface area contributed by atoms with Crippen molar-refractivity contribution in [2.75, 3.05) is 0 Å². The minimum atomic E-state index is 1.10. The fourth-order valence-electron chi connectivity index (χ4n) is 5.27. The molecule has 2 nitrogen and oxygen atoms in total. The molecule has 0 unspecified atom stereocenters. The van der Waals surface area contributed by atoms with Crippen molar-refractivity contribution in [1.82, 2.24) is 9.13 Å². The first-order chi connectivity index (χ1) is 16.8. The zero-order valence-electron chi connectivity index (χ0n) is 18.0. The quantitative estimate of drug-likeness (QED) is 0.197. The van der Waals surface area contributed by atoms with Gasteiger partial charge >= 0.3 is 0 Å². The van der Waals surface area contributed by atoms with Crippen molar-refractivity contribution in [2.45, 2.75) is 0 Å². The van der Waals surface area contributed by atoms with Crippen molar-refractivity contribution >= 4 is 75.5 Å². The Bertz CT molecular complexity index is 1720. The van der Waals surface area contributed by atoms with Crippen LogP contribution in [0, 0.1) is 0 Å². The maximum absolute atomic E-state index is 4.09. The molecular weight excluding hydrogens is 548 g/mol. The molecule has 162 valence electrons. The number of para-hydroxylation sites is 4. The Morgan fingerprint density at radius 2 is 0.765 bits per heavy atom. The standard InChI is InChI=1S/C30H18Br2N2/c31-27-26-22-16-8-10-18-24(22)34(20-13-5-2-6-14-20)30(26)28(32)25-21-15-7-9-17-23(21)33(29(25)27)19-11-3-1-4-12-19/h1-18H. The number of halogens is 2. The van der Waals surface area contributed by atoms with Crippen LogP contribution in [0.1, 0.15) is 0 Å². The molecule has 2 aromatic heterocycles. The molecular formula is C30H18Br2N2. The molecule has 7 aromatic rings. The Labute approximate surface area is 213 Å². The maximum Gasteiger partial charge on any atom is 0.0702 e. The first-order valence-corrected chi connectivity index (χ1v) is 12.8. The van der Waals surface area contributed by atoms with E-state index in [0.717, 1.165) is 20.3 Å². The number of hydrogen-bond donors (Lipinski definition) is 0. The third-order valence-corrected chi connectivity index (χ3v) is 8.18. The van der Waals surface area contributed by atoms with Gasteiger partial charge in [0.1, 0.15) is 0 Å². The van der Waals surface area contributed by atoms with E-state index in [1.54, 1.807) is 0 Å². The maximum atomic E-state index is 4.09. The highest BCUT2D eigenvalue weighted by Crippen LogP contribution is 2.48. The van der Waals surface area contributed by atoms with E-state index in [4.69, 9.17) is 0 Å². The van der Waals surface area contributed by atoms with Gasteiger partial charge in [-0.1, -0.05) is 72.8 Å². The zero-order valence-corrected chi connectivity index (χ0v) is 21.2. The van der Waals surface area contributed by atoms with E-state index in [0.29, 0.717) is 0 Å². The minimum absolute atomic E-state index is 1.10. The molecule has 0 fully saturated rings. The molecule has 0 saturated heterocycles. The van der Waals surface area contributed by atoms with E-state index in [1.807, 2.05) is 0 Å². The van der Waals surface area contributed by atoms with Crippen LogP contribution in [0.15, 0.2) is 118 Å². The van der Waals surface area contributed by atoms with Crippen molar-refractivity contribution in [3.8, 4) is 11.4 Å². The lowest BCUT2D eigenvalue weighted by Gasteiger charge is -2.12. The van der Waals surface area contributed by atoms with Crippen molar-refractivity contribution in [1.29, 1.82) is 0 Å². The van der Waals surface area contributed by atoms with Crippen molar-refractivity contribution in [3.05, 3.63) is 118 Å². The second kappa shape index (κ2) is 7.59. The van der Waals surface area contributed by atoms with Gasteiger partial charge in [0.25, 0.3) is 0 Å². The van der Waals surface area contributed by atoms with Crippen LogP contribution in [0.3, 0.4) is 0 Å². The van der Waals surface area contributed by atoms with Gasteiger partial charge in [0, 0.05) is 32.9 Å². The summed E-state index contributed by atoms with van der Waals surface area (Å²) in [6.07, 6.45) is 0. The Balaban J connectivity index is 1.79. The molecule has 0 aliphatic heterocycles. The highest BCUT2D eigenvalue weighted by molar-refractivity contribution is 9.11. The number of nitrogens with zero attached hydrogens (tertiary/aromatic N) is 2. The first-order valence-electron chi connectivity index (χ1n) is 11.2. The summed E-state index contributed by atoms with van der Waals surface area (Å²) in [5.41, 5.74) is 7.01. The van der Waals surface area contributed by atoms with E-state index in [-0.39, 0.29) is 0 Å². The summed E-state index contributed by atoms with van der Waals surface area (Å²) in [5, 5.41) is 4.86. The van der Waals surface area contributed by atoms with Gasteiger partial charge in [0.2, 0.25) is 0 Å². The molecule has 5 aromatic carbocycles. The SMILES string of the molecule is Brc1c2c3ccccc3n(-c3ccccc3)c2c(Br)c2c3ccccc3n(-c3ccccc3)c12. The molecule has 0 amide bonds. The monoisotopic (exact) mass is 564 g/mol. The smallest absolute Gasteiger partial charge is 0.0702 e.